The first-order chi connectivity index (χ1) is 9.80. The van der Waals surface area contributed by atoms with E-state index in [0.29, 0.717) is 25.9 Å². The van der Waals surface area contributed by atoms with Crippen molar-refractivity contribution in [3.63, 3.8) is 0 Å². The van der Waals surface area contributed by atoms with Gasteiger partial charge in [-0.15, -0.1) is 0 Å². The van der Waals surface area contributed by atoms with Crippen molar-refractivity contribution in [3.8, 4) is 0 Å². The molecular formula is C14H18F3N3O. The summed E-state index contributed by atoms with van der Waals surface area (Å²) in [7, 11) is 3.38. The van der Waals surface area contributed by atoms with E-state index < -0.39 is 11.7 Å². The summed E-state index contributed by atoms with van der Waals surface area (Å²) in [5.74, 6) is -0.123. The molecule has 2 rings (SSSR count). The second-order valence-electron chi connectivity index (χ2n) is 5.37. The lowest BCUT2D eigenvalue weighted by Gasteiger charge is -2.34. The fourth-order valence-electron chi connectivity index (χ4n) is 2.57. The third-order valence-electron chi connectivity index (χ3n) is 3.68. The lowest BCUT2D eigenvalue weighted by atomic mass is 9.95. The molecule has 21 heavy (non-hydrogen) atoms. The van der Waals surface area contributed by atoms with E-state index in [0.717, 1.165) is 6.07 Å². The molecule has 0 radical (unpaired) electrons. The molecule has 0 aromatic carbocycles. The Hall–Kier alpha value is -1.79. The van der Waals surface area contributed by atoms with Gasteiger partial charge in [0, 0.05) is 39.3 Å². The third kappa shape index (κ3) is 3.46. The van der Waals surface area contributed by atoms with E-state index in [1.165, 1.54) is 17.2 Å². The number of hydrogen-bond donors (Lipinski definition) is 0. The summed E-state index contributed by atoms with van der Waals surface area (Å²) in [5.41, 5.74) is -0.720. The van der Waals surface area contributed by atoms with Crippen LogP contribution in [0.15, 0.2) is 18.3 Å². The first-order valence-electron chi connectivity index (χ1n) is 6.79. The van der Waals surface area contributed by atoms with E-state index in [4.69, 9.17) is 0 Å². The molecule has 0 bridgehead atoms. The normalized spacial score (nSPS) is 16.9. The molecule has 1 aliphatic rings. The number of nitrogens with zero attached hydrogens (tertiary/aromatic N) is 3. The fourth-order valence-corrected chi connectivity index (χ4v) is 2.57. The van der Waals surface area contributed by atoms with E-state index in [1.807, 2.05) is 0 Å². The second-order valence-corrected chi connectivity index (χ2v) is 5.37. The first-order valence-corrected chi connectivity index (χ1v) is 6.79. The Kier molecular flexibility index (Phi) is 4.39. The number of piperidine rings is 1. The smallest absolute Gasteiger partial charge is 0.356 e. The lowest BCUT2D eigenvalue weighted by Crippen LogP contribution is -2.41. The number of halogens is 3. The van der Waals surface area contributed by atoms with E-state index >= 15 is 0 Å². The van der Waals surface area contributed by atoms with Crippen molar-refractivity contribution in [2.75, 3.05) is 32.1 Å². The Morgan fingerprint density at radius 2 is 1.95 bits per heavy atom. The maximum absolute atomic E-state index is 13.0. The standard InChI is InChI=1S/C14H18F3N3O/c1-19(2)13(21)10-5-8-20(9-6-10)12-11(14(15,16)17)4-3-7-18-12/h3-4,7,10H,5-6,8-9H2,1-2H3. The quantitative estimate of drug-likeness (QED) is 0.841. The number of carbonyl (C=O) groups is 1. The predicted molar refractivity (Wildman–Crippen MR) is 72.9 cm³/mol. The topological polar surface area (TPSA) is 36.4 Å². The van der Waals surface area contributed by atoms with Gasteiger partial charge >= 0.3 is 6.18 Å². The Labute approximate surface area is 121 Å². The number of aromatic nitrogens is 1. The number of carbonyl (C=O) groups excluding carboxylic acids is 1. The molecule has 1 amide bonds. The van der Waals surface area contributed by atoms with Crippen molar-refractivity contribution in [2.45, 2.75) is 19.0 Å². The van der Waals surface area contributed by atoms with E-state index in [1.54, 1.807) is 19.0 Å². The van der Waals surface area contributed by atoms with E-state index in [9.17, 15) is 18.0 Å². The predicted octanol–water partition coefficient (Wildman–Crippen LogP) is 2.41. The average molecular weight is 301 g/mol. The summed E-state index contributed by atoms with van der Waals surface area (Å²) >= 11 is 0. The minimum Gasteiger partial charge on any atom is -0.356 e. The largest absolute Gasteiger partial charge is 0.419 e. The van der Waals surface area contributed by atoms with Crippen LogP contribution in [-0.2, 0) is 11.0 Å². The lowest BCUT2D eigenvalue weighted by molar-refractivity contribution is -0.137. The van der Waals surface area contributed by atoms with Gasteiger partial charge in [-0.05, 0) is 25.0 Å². The number of pyridine rings is 1. The second kappa shape index (κ2) is 5.91. The summed E-state index contributed by atoms with van der Waals surface area (Å²) in [6.07, 6.45) is -1.96. The molecule has 0 aliphatic carbocycles. The molecule has 0 unspecified atom stereocenters. The Morgan fingerprint density at radius 1 is 1.33 bits per heavy atom. The van der Waals surface area contributed by atoms with Crippen LogP contribution in [0.2, 0.25) is 0 Å². The molecular weight excluding hydrogens is 283 g/mol. The highest BCUT2D eigenvalue weighted by Crippen LogP contribution is 2.36. The molecule has 0 saturated carbocycles. The zero-order valence-corrected chi connectivity index (χ0v) is 12.0. The molecule has 1 fully saturated rings. The summed E-state index contributed by atoms with van der Waals surface area (Å²) in [4.78, 5) is 18.9. The SMILES string of the molecule is CN(C)C(=O)C1CCN(c2ncccc2C(F)(F)F)CC1. The van der Waals surface area contributed by atoms with Gasteiger partial charge in [0.2, 0.25) is 5.91 Å². The van der Waals surface area contributed by atoms with Crippen molar-refractivity contribution >= 4 is 11.7 Å². The molecule has 116 valence electrons. The molecule has 1 aromatic rings. The molecule has 4 nitrogen and oxygen atoms in total. The van der Waals surface area contributed by atoms with Crippen LogP contribution in [0.5, 0.6) is 0 Å². The molecule has 1 saturated heterocycles. The van der Waals surface area contributed by atoms with Crippen molar-refractivity contribution < 1.29 is 18.0 Å². The minimum absolute atomic E-state index is 0.0340. The third-order valence-corrected chi connectivity index (χ3v) is 3.68. The van der Waals surface area contributed by atoms with Crippen LogP contribution < -0.4 is 4.90 Å². The van der Waals surface area contributed by atoms with Crippen LogP contribution in [0.25, 0.3) is 0 Å². The van der Waals surface area contributed by atoms with Gasteiger partial charge in [0.1, 0.15) is 5.82 Å². The molecule has 2 heterocycles. The summed E-state index contributed by atoms with van der Waals surface area (Å²) in [5, 5.41) is 0. The van der Waals surface area contributed by atoms with Crippen molar-refractivity contribution in [1.82, 2.24) is 9.88 Å². The van der Waals surface area contributed by atoms with E-state index in [-0.39, 0.29) is 17.6 Å². The number of hydrogen-bond acceptors (Lipinski definition) is 3. The Bertz CT molecular complexity index is 508. The van der Waals surface area contributed by atoms with Gasteiger partial charge in [0.05, 0.1) is 5.56 Å². The average Bonchev–Trinajstić information content (AvgIpc) is 2.45. The molecule has 0 atom stereocenters. The highest BCUT2D eigenvalue weighted by molar-refractivity contribution is 5.78. The summed E-state index contributed by atoms with van der Waals surface area (Å²) in [6.45, 7) is 0.814. The van der Waals surface area contributed by atoms with Crippen LogP contribution >= 0.6 is 0 Å². The zero-order chi connectivity index (χ0) is 15.6. The van der Waals surface area contributed by atoms with Crippen LogP contribution in [0, 0.1) is 5.92 Å². The van der Waals surface area contributed by atoms with Gasteiger partial charge in [-0.3, -0.25) is 4.79 Å². The van der Waals surface area contributed by atoms with Gasteiger partial charge < -0.3 is 9.80 Å². The Balaban J connectivity index is 2.12. The van der Waals surface area contributed by atoms with Crippen molar-refractivity contribution in [1.29, 1.82) is 0 Å². The van der Waals surface area contributed by atoms with E-state index in [2.05, 4.69) is 4.98 Å². The molecule has 7 heteroatoms. The maximum Gasteiger partial charge on any atom is 0.419 e. The molecule has 1 aromatic heterocycles. The maximum atomic E-state index is 13.0. The highest BCUT2D eigenvalue weighted by atomic mass is 19.4. The number of rotatable bonds is 2. The first kappa shape index (κ1) is 15.6. The van der Waals surface area contributed by atoms with Gasteiger partial charge in [0.15, 0.2) is 0 Å². The monoisotopic (exact) mass is 301 g/mol. The van der Waals surface area contributed by atoms with Crippen LogP contribution in [-0.4, -0.2) is 43.0 Å². The number of alkyl halides is 3. The zero-order valence-electron chi connectivity index (χ0n) is 12.0. The Morgan fingerprint density at radius 3 is 2.48 bits per heavy atom. The van der Waals surface area contributed by atoms with Gasteiger partial charge in [0.25, 0.3) is 0 Å². The van der Waals surface area contributed by atoms with Crippen LogP contribution in [0.4, 0.5) is 19.0 Å². The fraction of sp³-hybridized carbons (Fsp3) is 0.571. The highest BCUT2D eigenvalue weighted by Gasteiger charge is 2.37. The summed E-state index contributed by atoms with van der Waals surface area (Å²) < 4.78 is 39.0. The summed E-state index contributed by atoms with van der Waals surface area (Å²) in [6, 6.07) is 2.33. The molecule has 1 aliphatic heterocycles. The van der Waals surface area contributed by atoms with Crippen molar-refractivity contribution in [2.24, 2.45) is 5.92 Å². The van der Waals surface area contributed by atoms with Gasteiger partial charge in [-0.2, -0.15) is 13.2 Å². The van der Waals surface area contributed by atoms with Crippen LogP contribution in [0.3, 0.4) is 0 Å². The van der Waals surface area contributed by atoms with Gasteiger partial charge in [-0.25, -0.2) is 4.98 Å². The molecule has 0 N–H and O–H groups in total. The number of amides is 1. The number of anilines is 1. The van der Waals surface area contributed by atoms with Crippen LogP contribution in [0.1, 0.15) is 18.4 Å². The minimum atomic E-state index is -4.42. The van der Waals surface area contributed by atoms with Gasteiger partial charge in [-0.1, -0.05) is 0 Å². The molecule has 0 spiro atoms. The van der Waals surface area contributed by atoms with Crippen molar-refractivity contribution in [3.05, 3.63) is 23.9 Å².